The van der Waals surface area contributed by atoms with Crippen molar-refractivity contribution in [1.82, 2.24) is 10.2 Å². The van der Waals surface area contributed by atoms with Crippen LogP contribution in [0, 0.1) is 0 Å². The fourth-order valence-electron chi connectivity index (χ4n) is 1.77. The van der Waals surface area contributed by atoms with Crippen LogP contribution in [0.25, 0.3) is 0 Å². The largest absolute Gasteiger partial charge is 0.372 e. The standard InChI is InChI=1S/C12H16N2O2S/c1-8(15)14(2)6-5-12-13-10-4-3-9(16)7-11(10)17-12/h4,7,12-13H,3,5-6H2,1-2H3. The Morgan fingerprint density at radius 1 is 1.65 bits per heavy atom. The minimum absolute atomic E-state index is 0.0824. The lowest BCUT2D eigenvalue weighted by atomic mass is 10.1. The molecule has 0 spiro atoms. The van der Waals surface area contributed by atoms with E-state index in [4.69, 9.17) is 0 Å². The molecule has 5 heteroatoms. The van der Waals surface area contributed by atoms with E-state index in [1.807, 2.05) is 6.08 Å². The second-order valence-corrected chi connectivity index (χ2v) is 5.52. The van der Waals surface area contributed by atoms with E-state index in [1.165, 1.54) is 0 Å². The molecule has 1 amide bonds. The van der Waals surface area contributed by atoms with Crippen molar-refractivity contribution < 1.29 is 9.59 Å². The summed E-state index contributed by atoms with van der Waals surface area (Å²) < 4.78 is 0. The molecule has 4 nitrogen and oxygen atoms in total. The van der Waals surface area contributed by atoms with E-state index in [2.05, 4.69) is 5.32 Å². The Hall–Kier alpha value is -1.23. The van der Waals surface area contributed by atoms with Gasteiger partial charge in [0.1, 0.15) is 0 Å². The van der Waals surface area contributed by atoms with E-state index >= 15 is 0 Å². The summed E-state index contributed by atoms with van der Waals surface area (Å²) in [5, 5.41) is 3.64. The number of thioether (sulfide) groups is 1. The lowest BCUT2D eigenvalue weighted by molar-refractivity contribution is -0.127. The highest BCUT2D eigenvalue weighted by Crippen LogP contribution is 2.37. The number of nitrogens with one attached hydrogen (secondary N) is 1. The van der Waals surface area contributed by atoms with Crippen LogP contribution in [-0.4, -0.2) is 35.6 Å². The summed E-state index contributed by atoms with van der Waals surface area (Å²) in [6.07, 6.45) is 5.02. The first-order valence-electron chi connectivity index (χ1n) is 5.66. The molecule has 17 heavy (non-hydrogen) atoms. The first-order chi connectivity index (χ1) is 8.06. The SMILES string of the molecule is CC(=O)N(C)CCC1NC2=CCC(=O)C=C2S1. The van der Waals surface area contributed by atoms with E-state index in [-0.39, 0.29) is 17.1 Å². The molecule has 1 fully saturated rings. The number of rotatable bonds is 3. The highest BCUT2D eigenvalue weighted by atomic mass is 32.2. The molecule has 1 aliphatic carbocycles. The van der Waals surface area contributed by atoms with Crippen LogP contribution in [0.3, 0.4) is 0 Å². The predicted octanol–water partition coefficient (Wildman–Crippen LogP) is 1.26. The van der Waals surface area contributed by atoms with E-state index in [9.17, 15) is 9.59 Å². The number of carbonyl (C=O) groups excluding carboxylic acids is 2. The van der Waals surface area contributed by atoms with Crippen molar-refractivity contribution in [1.29, 1.82) is 0 Å². The highest BCUT2D eigenvalue weighted by molar-refractivity contribution is 8.04. The second kappa shape index (κ2) is 4.96. The summed E-state index contributed by atoms with van der Waals surface area (Å²) in [7, 11) is 1.80. The van der Waals surface area contributed by atoms with Crippen molar-refractivity contribution in [2.24, 2.45) is 0 Å². The van der Waals surface area contributed by atoms with E-state index in [0.29, 0.717) is 6.42 Å². The molecule has 0 aromatic heterocycles. The summed E-state index contributed by atoms with van der Waals surface area (Å²) in [6.45, 7) is 2.30. The molecule has 0 aromatic rings. The Morgan fingerprint density at radius 3 is 3.12 bits per heavy atom. The Balaban J connectivity index is 1.88. The number of hydrogen-bond acceptors (Lipinski definition) is 4. The highest BCUT2D eigenvalue weighted by Gasteiger charge is 2.26. The third kappa shape index (κ3) is 2.91. The topological polar surface area (TPSA) is 49.4 Å². The molecule has 1 heterocycles. The number of amides is 1. The van der Waals surface area contributed by atoms with Crippen LogP contribution in [0.1, 0.15) is 19.8 Å². The third-order valence-electron chi connectivity index (χ3n) is 2.91. The molecule has 1 saturated heterocycles. The third-order valence-corrected chi connectivity index (χ3v) is 4.14. The zero-order chi connectivity index (χ0) is 12.4. The van der Waals surface area contributed by atoms with Crippen LogP contribution in [0.2, 0.25) is 0 Å². The molecule has 0 radical (unpaired) electrons. The fraction of sp³-hybridized carbons (Fsp3) is 0.500. The van der Waals surface area contributed by atoms with Crippen LogP contribution in [-0.2, 0) is 9.59 Å². The number of hydrogen-bond donors (Lipinski definition) is 1. The van der Waals surface area contributed by atoms with Gasteiger partial charge < -0.3 is 10.2 Å². The molecule has 2 aliphatic rings. The van der Waals surface area contributed by atoms with Crippen molar-refractivity contribution >= 4 is 23.5 Å². The second-order valence-electron chi connectivity index (χ2n) is 4.28. The minimum atomic E-state index is 0.0824. The van der Waals surface area contributed by atoms with Crippen LogP contribution >= 0.6 is 11.8 Å². The van der Waals surface area contributed by atoms with Gasteiger partial charge >= 0.3 is 0 Å². The summed E-state index contributed by atoms with van der Waals surface area (Å²) in [5.41, 5.74) is 1.07. The molecule has 1 N–H and O–H groups in total. The van der Waals surface area contributed by atoms with Crippen LogP contribution in [0.4, 0.5) is 0 Å². The van der Waals surface area contributed by atoms with Crippen molar-refractivity contribution in [3.8, 4) is 0 Å². The monoisotopic (exact) mass is 252 g/mol. The summed E-state index contributed by atoms with van der Waals surface area (Å²) in [5.74, 6) is 0.249. The summed E-state index contributed by atoms with van der Waals surface area (Å²) in [4.78, 5) is 25.1. The van der Waals surface area contributed by atoms with Gasteiger partial charge in [0.05, 0.1) is 5.37 Å². The lowest BCUT2D eigenvalue weighted by Crippen LogP contribution is -2.29. The average Bonchev–Trinajstić information content (AvgIpc) is 2.67. The minimum Gasteiger partial charge on any atom is -0.372 e. The Morgan fingerprint density at radius 2 is 2.41 bits per heavy atom. The fourth-order valence-corrected chi connectivity index (χ4v) is 2.95. The van der Waals surface area contributed by atoms with E-state index in [1.54, 1.807) is 36.7 Å². The number of nitrogens with zero attached hydrogens (tertiary/aromatic N) is 1. The van der Waals surface area contributed by atoms with E-state index < -0.39 is 0 Å². The van der Waals surface area contributed by atoms with Crippen molar-refractivity contribution in [2.45, 2.75) is 25.1 Å². The molecule has 92 valence electrons. The van der Waals surface area contributed by atoms with Gasteiger partial charge in [0.25, 0.3) is 0 Å². The molecule has 1 unspecified atom stereocenters. The maximum Gasteiger partial charge on any atom is 0.219 e. The normalized spacial score (nSPS) is 22.5. The van der Waals surface area contributed by atoms with Gasteiger partial charge in [-0.15, -0.1) is 0 Å². The van der Waals surface area contributed by atoms with Crippen molar-refractivity contribution in [3.05, 3.63) is 22.8 Å². The lowest BCUT2D eigenvalue weighted by Gasteiger charge is -2.17. The van der Waals surface area contributed by atoms with Crippen molar-refractivity contribution in [2.75, 3.05) is 13.6 Å². The zero-order valence-corrected chi connectivity index (χ0v) is 10.8. The van der Waals surface area contributed by atoms with Gasteiger partial charge in [0, 0.05) is 37.5 Å². The van der Waals surface area contributed by atoms with E-state index in [0.717, 1.165) is 23.6 Å². The van der Waals surface area contributed by atoms with Gasteiger partial charge in [-0.3, -0.25) is 9.59 Å². The molecule has 0 bridgehead atoms. The molecular weight excluding hydrogens is 236 g/mol. The number of allylic oxidation sites excluding steroid dienone is 2. The maximum atomic E-state index is 11.3. The van der Waals surface area contributed by atoms with Crippen LogP contribution < -0.4 is 5.32 Å². The number of carbonyl (C=O) groups is 2. The Kier molecular flexibility index (Phi) is 3.57. The van der Waals surface area contributed by atoms with Gasteiger partial charge in [-0.1, -0.05) is 17.8 Å². The zero-order valence-electron chi connectivity index (χ0n) is 10.0. The summed E-state index contributed by atoms with van der Waals surface area (Å²) >= 11 is 1.67. The summed E-state index contributed by atoms with van der Waals surface area (Å²) in [6, 6.07) is 0. The molecule has 1 aliphatic heterocycles. The van der Waals surface area contributed by atoms with Crippen LogP contribution in [0.5, 0.6) is 0 Å². The molecule has 0 saturated carbocycles. The van der Waals surface area contributed by atoms with Crippen molar-refractivity contribution in [3.63, 3.8) is 0 Å². The van der Waals surface area contributed by atoms with Gasteiger partial charge in [0.15, 0.2) is 5.78 Å². The molecular formula is C12H16N2O2S. The Labute approximate surface area is 105 Å². The molecule has 2 rings (SSSR count). The molecule has 1 atom stereocenters. The first kappa shape index (κ1) is 12.2. The van der Waals surface area contributed by atoms with Gasteiger partial charge in [-0.05, 0) is 12.5 Å². The molecule has 0 aromatic carbocycles. The van der Waals surface area contributed by atoms with Crippen LogP contribution in [0.15, 0.2) is 22.8 Å². The predicted molar refractivity (Wildman–Crippen MR) is 68.2 cm³/mol. The average molecular weight is 252 g/mol. The van der Waals surface area contributed by atoms with Gasteiger partial charge in [-0.2, -0.15) is 0 Å². The number of ketones is 1. The quantitative estimate of drug-likeness (QED) is 0.821. The first-order valence-corrected chi connectivity index (χ1v) is 6.54. The maximum absolute atomic E-state index is 11.3. The number of fused-ring (bicyclic) bond motifs is 1. The van der Waals surface area contributed by atoms with Gasteiger partial charge in [0.2, 0.25) is 5.91 Å². The Bertz CT molecular complexity index is 415. The van der Waals surface area contributed by atoms with Gasteiger partial charge in [-0.25, -0.2) is 0 Å². The smallest absolute Gasteiger partial charge is 0.219 e.